The van der Waals surface area contributed by atoms with Crippen molar-refractivity contribution in [3.05, 3.63) is 52.5 Å². The van der Waals surface area contributed by atoms with Gasteiger partial charge in [-0.25, -0.2) is 4.98 Å². The van der Waals surface area contributed by atoms with E-state index in [0.29, 0.717) is 15.3 Å². The van der Waals surface area contributed by atoms with E-state index in [4.69, 9.17) is 23.2 Å². The zero-order valence-electron chi connectivity index (χ0n) is 15.7. The van der Waals surface area contributed by atoms with Crippen molar-refractivity contribution >= 4 is 35.0 Å². The summed E-state index contributed by atoms with van der Waals surface area (Å²) in [5.41, 5.74) is 1.25. The molecule has 0 aliphatic carbocycles. The minimum Gasteiger partial charge on any atom is -0.337 e. The number of hydrogen-bond donors (Lipinski definition) is 0. The van der Waals surface area contributed by atoms with Crippen molar-refractivity contribution in [2.45, 2.75) is 75.8 Å². The van der Waals surface area contributed by atoms with Crippen molar-refractivity contribution in [2.75, 3.05) is 0 Å². The molecular formula is C21H30Cl2N2S. The van der Waals surface area contributed by atoms with Crippen molar-refractivity contribution in [1.82, 2.24) is 9.55 Å². The van der Waals surface area contributed by atoms with Crippen LogP contribution < -0.4 is 0 Å². The second-order valence-electron chi connectivity index (χ2n) is 6.83. The fraction of sp³-hybridized carbons (Fsp3) is 0.571. The van der Waals surface area contributed by atoms with Crippen LogP contribution in [0.5, 0.6) is 0 Å². The summed E-state index contributed by atoms with van der Waals surface area (Å²) < 4.78 is 2.17. The van der Waals surface area contributed by atoms with Gasteiger partial charge in [0.05, 0.1) is 16.4 Å². The molecule has 1 unspecified atom stereocenters. The minimum absolute atomic E-state index is 0.629. The Morgan fingerprint density at radius 3 is 2.58 bits per heavy atom. The molecule has 1 aromatic heterocycles. The van der Waals surface area contributed by atoms with E-state index in [2.05, 4.69) is 22.5 Å². The number of hydrogen-bond acceptors (Lipinski definition) is 2. The molecule has 2 nitrogen and oxygen atoms in total. The second kappa shape index (κ2) is 12.7. The molecule has 0 spiro atoms. The molecule has 2 rings (SSSR count). The first-order valence-corrected chi connectivity index (χ1v) is 11.5. The van der Waals surface area contributed by atoms with E-state index in [1.807, 2.05) is 42.6 Å². The van der Waals surface area contributed by atoms with Gasteiger partial charge in [-0.05, 0) is 30.5 Å². The van der Waals surface area contributed by atoms with Crippen LogP contribution in [0.15, 0.2) is 36.9 Å². The van der Waals surface area contributed by atoms with Crippen LogP contribution in [-0.4, -0.2) is 14.8 Å². The largest absolute Gasteiger partial charge is 0.337 e. The molecule has 0 aliphatic heterocycles. The maximum atomic E-state index is 6.15. The number of aryl methyl sites for hydroxylation is 1. The Kier molecular flexibility index (Phi) is 10.6. The molecule has 5 heteroatoms. The Bertz CT molecular complexity index is 616. The smallest absolute Gasteiger partial charge is 0.0945 e. The molecule has 144 valence electrons. The van der Waals surface area contributed by atoms with Crippen molar-refractivity contribution in [2.24, 2.45) is 0 Å². The van der Waals surface area contributed by atoms with E-state index in [0.717, 1.165) is 12.3 Å². The Morgan fingerprint density at radius 1 is 1.04 bits per heavy atom. The summed E-state index contributed by atoms with van der Waals surface area (Å²) in [6.07, 6.45) is 16.4. The average molecular weight is 413 g/mol. The fourth-order valence-corrected chi connectivity index (χ4v) is 4.55. The normalized spacial score (nSPS) is 12.4. The van der Waals surface area contributed by atoms with Gasteiger partial charge in [0.1, 0.15) is 0 Å². The highest BCUT2D eigenvalue weighted by Crippen LogP contribution is 2.29. The van der Waals surface area contributed by atoms with E-state index in [-0.39, 0.29) is 0 Å². The third-order valence-corrected chi connectivity index (χ3v) is 6.80. The number of imidazole rings is 1. The molecule has 0 amide bonds. The zero-order valence-corrected chi connectivity index (χ0v) is 18.0. The molecule has 1 atom stereocenters. The van der Waals surface area contributed by atoms with E-state index < -0.39 is 0 Å². The first kappa shape index (κ1) is 21.7. The lowest BCUT2D eigenvalue weighted by Crippen LogP contribution is -2.08. The maximum Gasteiger partial charge on any atom is 0.0945 e. The van der Waals surface area contributed by atoms with Crippen LogP contribution in [0.3, 0.4) is 0 Å². The van der Waals surface area contributed by atoms with Crippen LogP contribution in [-0.2, 0) is 12.3 Å². The SMILES string of the molecule is CCCCCCCCC(CCn1ccnc1)SCc1ccc(Cl)c(Cl)c1. The Morgan fingerprint density at radius 2 is 1.85 bits per heavy atom. The predicted molar refractivity (Wildman–Crippen MR) is 116 cm³/mol. The van der Waals surface area contributed by atoms with Gasteiger partial charge in [-0.3, -0.25) is 0 Å². The highest BCUT2D eigenvalue weighted by atomic mass is 35.5. The van der Waals surface area contributed by atoms with Crippen molar-refractivity contribution < 1.29 is 0 Å². The highest BCUT2D eigenvalue weighted by molar-refractivity contribution is 7.99. The molecule has 0 saturated heterocycles. The van der Waals surface area contributed by atoms with Crippen molar-refractivity contribution in [1.29, 1.82) is 0 Å². The summed E-state index contributed by atoms with van der Waals surface area (Å²) in [4.78, 5) is 4.14. The first-order valence-electron chi connectivity index (χ1n) is 9.70. The molecule has 1 aromatic carbocycles. The summed E-state index contributed by atoms with van der Waals surface area (Å²) in [5.74, 6) is 0.987. The van der Waals surface area contributed by atoms with E-state index in [9.17, 15) is 0 Å². The highest BCUT2D eigenvalue weighted by Gasteiger charge is 2.11. The number of halogens is 2. The van der Waals surface area contributed by atoms with Gasteiger partial charge in [0, 0.05) is 29.9 Å². The molecule has 0 aliphatic rings. The Hall–Kier alpha value is -0.640. The average Bonchev–Trinajstić information content (AvgIpc) is 3.16. The van der Waals surface area contributed by atoms with Gasteiger partial charge in [0.25, 0.3) is 0 Å². The summed E-state index contributed by atoms with van der Waals surface area (Å²) >= 11 is 14.2. The first-order chi connectivity index (χ1) is 12.7. The summed E-state index contributed by atoms with van der Waals surface area (Å²) in [6, 6.07) is 5.97. The number of benzene rings is 1. The van der Waals surface area contributed by atoms with E-state index in [1.165, 1.54) is 56.9 Å². The summed E-state index contributed by atoms with van der Waals surface area (Å²) in [6.45, 7) is 3.31. The fourth-order valence-electron chi connectivity index (χ4n) is 3.02. The molecule has 2 aromatic rings. The number of aromatic nitrogens is 2. The Balaban J connectivity index is 1.79. The molecule has 0 N–H and O–H groups in total. The van der Waals surface area contributed by atoms with Gasteiger partial charge in [-0.1, -0.05) is 74.7 Å². The van der Waals surface area contributed by atoms with Gasteiger partial charge >= 0.3 is 0 Å². The summed E-state index contributed by atoms with van der Waals surface area (Å²) in [7, 11) is 0. The molecule has 0 fully saturated rings. The quantitative estimate of drug-likeness (QED) is 0.314. The monoisotopic (exact) mass is 412 g/mol. The molecule has 1 heterocycles. The van der Waals surface area contributed by atoms with Crippen molar-refractivity contribution in [3.63, 3.8) is 0 Å². The number of nitrogens with zero attached hydrogens (tertiary/aromatic N) is 2. The third kappa shape index (κ3) is 8.37. The van der Waals surface area contributed by atoms with Crippen molar-refractivity contribution in [3.8, 4) is 0 Å². The lowest BCUT2D eigenvalue weighted by molar-refractivity contribution is 0.547. The molecule has 26 heavy (non-hydrogen) atoms. The topological polar surface area (TPSA) is 17.8 Å². The lowest BCUT2D eigenvalue weighted by Gasteiger charge is -2.17. The lowest BCUT2D eigenvalue weighted by atomic mass is 10.1. The number of rotatable bonds is 13. The zero-order chi connectivity index (χ0) is 18.6. The molecule has 0 bridgehead atoms. The van der Waals surface area contributed by atoms with Gasteiger partial charge < -0.3 is 4.57 Å². The molecule has 0 saturated carbocycles. The van der Waals surface area contributed by atoms with Crippen LogP contribution >= 0.6 is 35.0 Å². The standard InChI is InChI=1S/C21H30Cl2N2S/c1-2-3-4-5-6-7-8-19(11-13-25-14-12-24-17-25)26-16-18-9-10-20(22)21(23)15-18/h9-10,12,14-15,17,19H,2-8,11,13,16H2,1H3. The van der Waals surface area contributed by atoms with Gasteiger partial charge in [-0.2, -0.15) is 11.8 Å². The van der Waals surface area contributed by atoms with Gasteiger partial charge in [0.15, 0.2) is 0 Å². The van der Waals surface area contributed by atoms with Crippen LogP contribution in [0.2, 0.25) is 10.0 Å². The van der Waals surface area contributed by atoms with Crippen LogP contribution in [0.1, 0.15) is 63.9 Å². The van der Waals surface area contributed by atoms with E-state index >= 15 is 0 Å². The maximum absolute atomic E-state index is 6.15. The third-order valence-electron chi connectivity index (χ3n) is 4.62. The predicted octanol–water partition coefficient (Wildman–Crippen LogP) is 7.63. The molecular weight excluding hydrogens is 383 g/mol. The van der Waals surface area contributed by atoms with Crippen LogP contribution in [0, 0.1) is 0 Å². The summed E-state index contributed by atoms with van der Waals surface area (Å²) in [5, 5.41) is 1.94. The second-order valence-corrected chi connectivity index (χ2v) is 8.93. The van der Waals surface area contributed by atoms with Crippen LogP contribution in [0.4, 0.5) is 0 Å². The van der Waals surface area contributed by atoms with Gasteiger partial charge in [-0.15, -0.1) is 0 Å². The number of thioether (sulfide) groups is 1. The van der Waals surface area contributed by atoms with Gasteiger partial charge in [0.2, 0.25) is 0 Å². The minimum atomic E-state index is 0.629. The Labute approximate surface area is 172 Å². The van der Waals surface area contributed by atoms with Crippen LogP contribution in [0.25, 0.3) is 0 Å². The molecule has 0 radical (unpaired) electrons. The van der Waals surface area contributed by atoms with E-state index in [1.54, 1.807) is 0 Å². The number of unbranched alkanes of at least 4 members (excludes halogenated alkanes) is 5.